The van der Waals surface area contributed by atoms with E-state index in [0.29, 0.717) is 0 Å². The standard InChI is InChI=1S/C53H38N2O/c1-53(2)48-26-13-11-24-42(48)46-33-47-45(34-49(46)53)41-23-10-9-16-35(41)30-50(47)55(40-28-29-44-43-25-12-14-27-51(43)56-52(44)32-40)39-22-15-21-38(31-39)54(36-17-5-3-6-18-36)37-19-7-4-8-20-37/h3-34H,1-2H3. The SMILES string of the molecule is CC1(C)c2ccccc2-c2cc3c(N(c4cccc(N(c5ccccc5)c5ccccc5)c4)c4ccc5c(c4)oc4ccccc45)cc4ccccc4c3cc21. The Morgan fingerprint density at radius 1 is 0.357 bits per heavy atom. The first kappa shape index (κ1) is 32.3. The molecule has 0 saturated carbocycles. The lowest BCUT2D eigenvalue weighted by atomic mass is 9.81. The van der Waals surface area contributed by atoms with Crippen molar-refractivity contribution in [2.24, 2.45) is 0 Å². The summed E-state index contributed by atoms with van der Waals surface area (Å²) in [5.41, 5.74) is 13.4. The molecule has 0 atom stereocenters. The minimum atomic E-state index is -0.115. The lowest BCUT2D eigenvalue weighted by Crippen LogP contribution is -2.15. The fourth-order valence-corrected chi connectivity index (χ4v) is 9.11. The zero-order chi connectivity index (χ0) is 37.4. The van der Waals surface area contributed by atoms with Gasteiger partial charge in [-0.15, -0.1) is 0 Å². The van der Waals surface area contributed by atoms with Crippen LogP contribution in [0.4, 0.5) is 34.1 Å². The second-order valence-corrected chi connectivity index (χ2v) is 15.4. The molecule has 3 heteroatoms. The molecule has 11 rings (SSSR count). The van der Waals surface area contributed by atoms with E-state index in [2.05, 4.69) is 212 Å². The van der Waals surface area contributed by atoms with Crippen molar-refractivity contribution >= 4 is 77.6 Å². The van der Waals surface area contributed by atoms with Crippen molar-refractivity contribution in [1.29, 1.82) is 0 Å². The van der Waals surface area contributed by atoms with Gasteiger partial charge in [0, 0.05) is 56.1 Å². The van der Waals surface area contributed by atoms with Gasteiger partial charge in [-0.05, 0) is 117 Å². The minimum absolute atomic E-state index is 0.115. The van der Waals surface area contributed by atoms with E-state index in [0.717, 1.165) is 56.1 Å². The van der Waals surface area contributed by atoms with Gasteiger partial charge in [-0.3, -0.25) is 0 Å². The van der Waals surface area contributed by atoms with Gasteiger partial charge < -0.3 is 14.2 Å². The van der Waals surface area contributed by atoms with Crippen LogP contribution < -0.4 is 9.80 Å². The van der Waals surface area contributed by atoms with Gasteiger partial charge in [0.25, 0.3) is 0 Å². The van der Waals surface area contributed by atoms with Crippen LogP contribution in [-0.2, 0) is 5.41 Å². The molecular formula is C53H38N2O. The van der Waals surface area contributed by atoms with Gasteiger partial charge in [0.1, 0.15) is 11.2 Å². The van der Waals surface area contributed by atoms with Crippen LogP contribution in [0.3, 0.4) is 0 Å². The molecule has 1 heterocycles. The van der Waals surface area contributed by atoms with Gasteiger partial charge in [0.05, 0.1) is 5.69 Å². The Balaban J connectivity index is 1.21. The number of hydrogen-bond acceptors (Lipinski definition) is 3. The Hall–Kier alpha value is -7.10. The molecule has 266 valence electrons. The predicted octanol–water partition coefficient (Wildman–Crippen LogP) is 15.1. The summed E-state index contributed by atoms with van der Waals surface area (Å²) < 4.78 is 6.54. The predicted molar refractivity (Wildman–Crippen MR) is 236 cm³/mol. The smallest absolute Gasteiger partial charge is 0.137 e. The normalized spacial score (nSPS) is 13.0. The van der Waals surface area contributed by atoms with Crippen molar-refractivity contribution in [2.45, 2.75) is 19.3 Å². The van der Waals surface area contributed by atoms with Crippen LogP contribution in [0.25, 0.3) is 54.6 Å². The highest BCUT2D eigenvalue weighted by Gasteiger charge is 2.36. The summed E-state index contributed by atoms with van der Waals surface area (Å²) in [6.07, 6.45) is 0. The third kappa shape index (κ3) is 4.98. The molecular weight excluding hydrogens is 681 g/mol. The Labute approximate surface area is 326 Å². The monoisotopic (exact) mass is 718 g/mol. The Morgan fingerprint density at radius 2 is 0.964 bits per heavy atom. The van der Waals surface area contributed by atoms with E-state index >= 15 is 0 Å². The highest BCUT2D eigenvalue weighted by molar-refractivity contribution is 6.17. The topological polar surface area (TPSA) is 19.6 Å². The van der Waals surface area contributed by atoms with Crippen LogP contribution in [0.5, 0.6) is 0 Å². The summed E-state index contributed by atoms with van der Waals surface area (Å²) in [4.78, 5) is 4.76. The second kappa shape index (κ2) is 12.5. The van der Waals surface area contributed by atoms with Crippen molar-refractivity contribution in [3.8, 4) is 11.1 Å². The number of benzene rings is 9. The molecule has 0 bridgehead atoms. The van der Waals surface area contributed by atoms with Gasteiger partial charge in [-0.2, -0.15) is 0 Å². The van der Waals surface area contributed by atoms with Gasteiger partial charge in [0.15, 0.2) is 0 Å². The van der Waals surface area contributed by atoms with Gasteiger partial charge in [-0.25, -0.2) is 0 Å². The third-order valence-electron chi connectivity index (χ3n) is 11.8. The summed E-state index contributed by atoms with van der Waals surface area (Å²) in [6, 6.07) is 70.2. The van der Waals surface area contributed by atoms with Gasteiger partial charge in [-0.1, -0.05) is 123 Å². The van der Waals surface area contributed by atoms with E-state index in [1.807, 2.05) is 6.07 Å². The molecule has 0 N–H and O–H groups in total. The average molecular weight is 719 g/mol. The van der Waals surface area contributed by atoms with Crippen LogP contribution in [-0.4, -0.2) is 0 Å². The molecule has 0 unspecified atom stereocenters. The maximum atomic E-state index is 6.54. The molecule has 0 aliphatic heterocycles. The van der Waals surface area contributed by atoms with Crippen molar-refractivity contribution < 1.29 is 4.42 Å². The molecule has 1 aromatic heterocycles. The van der Waals surface area contributed by atoms with Crippen LogP contribution in [0, 0.1) is 0 Å². The van der Waals surface area contributed by atoms with Crippen LogP contribution >= 0.6 is 0 Å². The van der Waals surface area contributed by atoms with Crippen LogP contribution in [0.15, 0.2) is 199 Å². The largest absolute Gasteiger partial charge is 0.456 e. The molecule has 0 fully saturated rings. The van der Waals surface area contributed by atoms with Crippen LogP contribution in [0.1, 0.15) is 25.0 Å². The summed E-state index contributed by atoms with van der Waals surface area (Å²) in [5, 5.41) is 7.13. The minimum Gasteiger partial charge on any atom is -0.456 e. The first-order valence-corrected chi connectivity index (χ1v) is 19.3. The maximum absolute atomic E-state index is 6.54. The number of nitrogens with zero attached hydrogens (tertiary/aromatic N) is 2. The Kier molecular flexibility index (Phi) is 7.20. The summed E-state index contributed by atoms with van der Waals surface area (Å²) in [7, 11) is 0. The van der Waals surface area contributed by atoms with E-state index in [9.17, 15) is 0 Å². The quantitative estimate of drug-likeness (QED) is 0.160. The molecule has 0 amide bonds. The average Bonchev–Trinajstić information content (AvgIpc) is 3.72. The number of anilines is 6. The van der Waals surface area contributed by atoms with Crippen molar-refractivity contribution in [2.75, 3.05) is 9.80 Å². The first-order chi connectivity index (χ1) is 27.5. The highest BCUT2D eigenvalue weighted by atomic mass is 16.3. The molecule has 0 radical (unpaired) electrons. The number of rotatable bonds is 6. The van der Waals surface area contributed by atoms with Crippen molar-refractivity contribution in [3.05, 3.63) is 205 Å². The molecule has 0 saturated heterocycles. The lowest BCUT2D eigenvalue weighted by molar-refractivity contribution is 0.661. The van der Waals surface area contributed by atoms with E-state index < -0.39 is 0 Å². The van der Waals surface area contributed by atoms with E-state index in [4.69, 9.17) is 4.42 Å². The fraction of sp³-hybridized carbons (Fsp3) is 0.0566. The zero-order valence-electron chi connectivity index (χ0n) is 31.3. The van der Waals surface area contributed by atoms with Crippen molar-refractivity contribution in [3.63, 3.8) is 0 Å². The molecule has 10 aromatic rings. The molecule has 9 aromatic carbocycles. The highest BCUT2D eigenvalue weighted by Crippen LogP contribution is 2.53. The maximum Gasteiger partial charge on any atom is 0.137 e. The van der Waals surface area contributed by atoms with E-state index in [1.165, 1.54) is 43.8 Å². The number of hydrogen-bond donors (Lipinski definition) is 0. The van der Waals surface area contributed by atoms with Gasteiger partial charge >= 0.3 is 0 Å². The molecule has 56 heavy (non-hydrogen) atoms. The van der Waals surface area contributed by atoms with Crippen molar-refractivity contribution in [1.82, 2.24) is 0 Å². The third-order valence-corrected chi connectivity index (χ3v) is 11.8. The molecule has 1 aliphatic rings. The zero-order valence-corrected chi connectivity index (χ0v) is 31.3. The second-order valence-electron chi connectivity index (χ2n) is 15.4. The fourth-order valence-electron chi connectivity index (χ4n) is 9.11. The first-order valence-electron chi connectivity index (χ1n) is 19.3. The lowest BCUT2D eigenvalue weighted by Gasteiger charge is -2.30. The molecule has 1 aliphatic carbocycles. The summed E-state index contributed by atoms with van der Waals surface area (Å²) >= 11 is 0. The number of fused-ring (bicyclic) bond motifs is 9. The Morgan fingerprint density at radius 3 is 1.75 bits per heavy atom. The van der Waals surface area contributed by atoms with Crippen LogP contribution in [0.2, 0.25) is 0 Å². The summed E-state index contributed by atoms with van der Waals surface area (Å²) in [5.74, 6) is 0. The van der Waals surface area contributed by atoms with Gasteiger partial charge in [0.2, 0.25) is 0 Å². The summed E-state index contributed by atoms with van der Waals surface area (Å²) in [6.45, 7) is 4.72. The number of furan rings is 1. The van der Waals surface area contributed by atoms with E-state index in [1.54, 1.807) is 0 Å². The van der Waals surface area contributed by atoms with E-state index in [-0.39, 0.29) is 5.41 Å². The number of para-hydroxylation sites is 3. The molecule has 3 nitrogen and oxygen atoms in total. The molecule has 0 spiro atoms. The Bertz CT molecular complexity index is 3080.